The number of carbonyl (C=O) groups is 1. The fraction of sp³-hybridized carbons (Fsp3) is 0.600. The number of nitrogens with one attached hydrogen (secondary N) is 1. The van der Waals surface area contributed by atoms with Crippen molar-refractivity contribution >= 4 is 5.91 Å². The van der Waals surface area contributed by atoms with Crippen LogP contribution in [0.1, 0.15) is 44.0 Å². The highest BCUT2D eigenvalue weighted by atomic mass is 16.3. The molecule has 1 atom stereocenters. The molecule has 1 aromatic rings. The fourth-order valence-electron chi connectivity index (χ4n) is 2.11. The highest BCUT2D eigenvalue weighted by molar-refractivity contribution is 5.96. The highest BCUT2D eigenvalue weighted by Gasteiger charge is 2.13. The van der Waals surface area contributed by atoms with Crippen LogP contribution in [0.5, 0.6) is 5.75 Å². The summed E-state index contributed by atoms with van der Waals surface area (Å²) in [4.78, 5) is 18.1. The van der Waals surface area contributed by atoms with Crippen molar-refractivity contribution in [3.8, 4) is 5.75 Å². The van der Waals surface area contributed by atoms with Gasteiger partial charge >= 0.3 is 0 Å². The maximum absolute atomic E-state index is 12.0. The van der Waals surface area contributed by atoms with Crippen LogP contribution in [0.2, 0.25) is 0 Å². The van der Waals surface area contributed by atoms with Crippen LogP contribution in [0.25, 0.3) is 0 Å². The Morgan fingerprint density at radius 3 is 2.75 bits per heavy atom. The number of nitrogens with zero attached hydrogens (tertiary/aromatic N) is 2. The fourth-order valence-corrected chi connectivity index (χ4v) is 2.11. The molecule has 0 fully saturated rings. The van der Waals surface area contributed by atoms with Crippen molar-refractivity contribution < 1.29 is 9.90 Å². The van der Waals surface area contributed by atoms with Crippen molar-refractivity contribution in [2.75, 3.05) is 19.6 Å². The minimum atomic E-state index is -0.250. The molecule has 0 spiro atoms. The Labute approximate surface area is 121 Å². The largest absolute Gasteiger partial charge is 0.505 e. The van der Waals surface area contributed by atoms with Crippen molar-refractivity contribution in [2.45, 2.75) is 39.7 Å². The molecule has 0 aliphatic rings. The minimum Gasteiger partial charge on any atom is -0.505 e. The summed E-state index contributed by atoms with van der Waals surface area (Å²) < 4.78 is 0. The monoisotopic (exact) mass is 279 g/mol. The second-order valence-electron chi connectivity index (χ2n) is 4.94. The molecule has 0 saturated carbocycles. The molecule has 5 nitrogen and oxygen atoms in total. The van der Waals surface area contributed by atoms with E-state index in [1.54, 1.807) is 0 Å². The van der Waals surface area contributed by atoms with Crippen molar-refractivity contribution in [3.05, 3.63) is 24.0 Å². The van der Waals surface area contributed by atoms with Gasteiger partial charge in [-0.2, -0.15) is 0 Å². The Kier molecular flexibility index (Phi) is 7.01. The summed E-state index contributed by atoms with van der Waals surface area (Å²) in [5, 5.41) is 12.5. The van der Waals surface area contributed by atoms with Gasteiger partial charge in [0, 0.05) is 12.2 Å². The van der Waals surface area contributed by atoms with Gasteiger partial charge in [0.25, 0.3) is 5.91 Å². The van der Waals surface area contributed by atoms with Gasteiger partial charge in [-0.3, -0.25) is 9.78 Å². The number of aromatic nitrogens is 1. The molecular formula is C15H25N3O2. The zero-order valence-electron chi connectivity index (χ0n) is 12.6. The van der Waals surface area contributed by atoms with Crippen LogP contribution in [0.15, 0.2) is 18.5 Å². The summed E-state index contributed by atoms with van der Waals surface area (Å²) in [6.45, 7) is 9.46. The highest BCUT2D eigenvalue weighted by Crippen LogP contribution is 2.14. The molecule has 0 bridgehead atoms. The molecule has 0 radical (unpaired) electrons. The molecule has 2 N–H and O–H groups in total. The van der Waals surface area contributed by atoms with E-state index in [1.165, 1.54) is 18.5 Å². The SMILES string of the molecule is CCN(CC)CCCC(C)NC(=O)c1ccncc1O. The first-order valence-electron chi connectivity index (χ1n) is 7.24. The lowest BCUT2D eigenvalue weighted by Gasteiger charge is -2.19. The van der Waals surface area contributed by atoms with Crippen molar-refractivity contribution in [1.82, 2.24) is 15.2 Å². The van der Waals surface area contributed by atoms with Crippen molar-refractivity contribution in [1.29, 1.82) is 0 Å². The topological polar surface area (TPSA) is 65.5 Å². The van der Waals surface area contributed by atoms with Crippen LogP contribution in [0, 0.1) is 0 Å². The van der Waals surface area contributed by atoms with Crippen LogP contribution < -0.4 is 5.32 Å². The van der Waals surface area contributed by atoms with Crippen LogP contribution in [0.4, 0.5) is 0 Å². The van der Waals surface area contributed by atoms with E-state index in [0.29, 0.717) is 0 Å². The van der Waals surface area contributed by atoms with Gasteiger partial charge in [0.1, 0.15) is 5.75 Å². The van der Waals surface area contributed by atoms with Crippen LogP contribution in [-0.2, 0) is 0 Å². The average Bonchev–Trinajstić information content (AvgIpc) is 2.44. The first kappa shape index (κ1) is 16.4. The van der Waals surface area contributed by atoms with E-state index >= 15 is 0 Å². The normalized spacial score (nSPS) is 12.4. The summed E-state index contributed by atoms with van der Waals surface area (Å²) in [7, 11) is 0. The predicted molar refractivity (Wildman–Crippen MR) is 79.9 cm³/mol. The predicted octanol–water partition coefficient (Wildman–Crippen LogP) is 2.03. The third kappa shape index (κ3) is 5.17. The van der Waals surface area contributed by atoms with Gasteiger partial charge in [0.2, 0.25) is 0 Å². The molecule has 0 aliphatic carbocycles. The molecule has 20 heavy (non-hydrogen) atoms. The summed E-state index contributed by atoms with van der Waals surface area (Å²) in [6.07, 6.45) is 4.75. The Balaban J connectivity index is 2.37. The lowest BCUT2D eigenvalue weighted by atomic mass is 10.1. The van der Waals surface area contributed by atoms with E-state index in [9.17, 15) is 9.90 Å². The quantitative estimate of drug-likeness (QED) is 0.764. The summed E-state index contributed by atoms with van der Waals surface area (Å²) in [6, 6.07) is 1.61. The molecule has 0 aromatic carbocycles. The van der Waals surface area contributed by atoms with Crippen molar-refractivity contribution in [2.24, 2.45) is 0 Å². The second-order valence-corrected chi connectivity index (χ2v) is 4.94. The van der Waals surface area contributed by atoms with E-state index in [-0.39, 0.29) is 23.3 Å². The third-order valence-electron chi connectivity index (χ3n) is 3.43. The molecule has 1 unspecified atom stereocenters. The van der Waals surface area contributed by atoms with Crippen LogP contribution >= 0.6 is 0 Å². The molecule has 5 heteroatoms. The van der Waals surface area contributed by atoms with Crippen molar-refractivity contribution in [3.63, 3.8) is 0 Å². The van der Waals surface area contributed by atoms with Gasteiger partial charge < -0.3 is 15.3 Å². The Bertz CT molecular complexity index is 419. The molecule has 0 aliphatic heterocycles. The average molecular weight is 279 g/mol. The number of hydrogen-bond acceptors (Lipinski definition) is 4. The Morgan fingerprint density at radius 2 is 2.15 bits per heavy atom. The van der Waals surface area contributed by atoms with E-state index in [4.69, 9.17) is 0 Å². The van der Waals surface area contributed by atoms with Gasteiger partial charge in [0.15, 0.2) is 0 Å². The number of rotatable bonds is 8. The molecule has 0 saturated heterocycles. The number of hydrogen-bond donors (Lipinski definition) is 2. The molecule has 112 valence electrons. The van der Waals surface area contributed by atoms with E-state index in [2.05, 4.69) is 29.0 Å². The summed E-state index contributed by atoms with van der Waals surface area (Å²) >= 11 is 0. The summed E-state index contributed by atoms with van der Waals surface area (Å²) in [5.41, 5.74) is 0.274. The minimum absolute atomic E-state index is 0.0830. The maximum atomic E-state index is 12.0. The summed E-state index contributed by atoms with van der Waals surface area (Å²) in [5.74, 6) is -0.333. The molecule has 1 amide bonds. The Morgan fingerprint density at radius 1 is 1.45 bits per heavy atom. The second kappa shape index (κ2) is 8.53. The van der Waals surface area contributed by atoms with E-state index < -0.39 is 0 Å². The van der Waals surface area contributed by atoms with E-state index in [0.717, 1.165) is 32.5 Å². The van der Waals surface area contributed by atoms with Gasteiger partial charge in [-0.1, -0.05) is 13.8 Å². The lowest BCUT2D eigenvalue weighted by Crippen LogP contribution is -2.33. The zero-order chi connectivity index (χ0) is 15.0. The number of aromatic hydroxyl groups is 1. The maximum Gasteiger partial charge on any atom is 0.255 e. The van der Waals surface area contributed by atoms with E-state index in [1.807, 2.05) is 6.92 Å². The zero-order valence-corrected chi connectivity index (χ0v) is 12.6. The Hall–Kier alpha value is -1.62. The van der Waals surface area contributed by atoms with Crippen LogP contribution in [0.3, 0.4) is 0 Å². The molecule has 1 rings (SSSR count). The molecular weight excluding hydrogens is 254 g/mol. The van der Waals surface area contributed by atoms with Gasteiger partial charge in [-0.05, 0) is 45.5 Å². The first-order valence-corrected chi connectivity index (χ1v) is 7.24. The van der Waals surface area contributed by atoms with Gasteiger partial charge in [-0.15, -0.1) is 0 Å². The standard InChI is InChI=1S/C15H25N3O2/c1-4-18(5-2)10-6-7-12(3)17-15(20)13-8-9-16-11-14(13)19/h8-9,11-12,19H,4-7,10H2,1-3H3,(H,17,20). The molecule has 1 heterocycles. The van der Waals surface area contributed by atoms with Gasteiger partial charge in [-0.25, -0.2) is 0 Å². The van der Waals surface area contributed by atoms with Gasteiger partial charge in [0.05, 0.1) is 11.8 Å². The third-order valence-corrected chi connectivity index (χ3v) is 3.43. The number of pyridine rings is 1. The lowest BCUT2D eigenvalue weighted by molar-refractivity contribution is 0.0934. The molecule has 1 aromatic heterocycles. The first-order chi connectivity index (χ1) is 9.58. The number of amides is 1. The number of carbonyl (C=O) groups excluding carboxylic acids is 1. The van der Waals surface area contributed by atoms with Crippen LogP contribution in [-0.4, -0.2) is 46.6 Å². The smallest absolute Gasteiger partial charge is 0.255 e.